The molecule has 1 amide bonds. The van der Waals surface area contributed by atoms with Crippen LogP contribution in [0.25, 0.3) is 0 Å². The molecule has 2 bridgehead atoms. The predicted molar refractivity (Wildman–Crippen MR) is 132 cm³/mol. The molecule has 0 spiro atoms. The molecule has 4 aliphatic carbocycles. The van der Waals surface area contributed by atoms with E-state index in [1.807, 2.05) is 24.3 Å². The number of carbonyl (C=O) groups excluding carboxylic acids is 1. The molecule has 7 heteroatoms. The molecular weight excluding hydrogens is 519 g/mol. The van der Waals surface area contributed by atoms with E-state index in [4.69, 9.17) is 9.84 Å². The fourth-order valence-corrected chi connectivity index (χ4v) is 6.41. The van der Waals surface area contributed by atoms with Gasteiger partial charge in [-0.05, 0) is 96.2 Å². The quantitative estimate of drug-likeness (QED) is 0.372. The lowest BCUT2D eigenvalue weighted by atomic mass is 9.45. The van der Waals surface area contributed by atoms with Gasteiger partial charge in [0.15, 0.2) is 0 Å². The second-order valence-electron chi connectivity index (χ2n) is 10.1. The summed E-state index contributed by atoms with van der Waals surface area (Å²) in [4.78, 5) is 12.7. The molecular formula is C25H35IN2O4. The number of halogens is 1. The first-order chi connectivity index (χ1) is 15.3. The van der Waals surface area contributed by atoms with Crippen LogP contribution in [0.15, 0.2) is 35.9 Å². The van der Waals surface area contributed by atoms with Gasteiger partial charge in [-0.2, -0.15) is 0 Å². The Morgan fingerprint density at radius 2 is 2.06 bits per heavy atom. The Kier molecular flexibility index (Phi) is 7.49. The van der Waals surface area contributed by atoms with Gasteiger partial charge in [0.05, 0.1) is 10.2 Å². The Morgan fingerprint density at radius 3 is 2.75 bits per heavy atom. The molecule has 0 heterocycles. The molecule has 176 valence electrons. The normalized spacial score (nSPS) is 33.1. The maximum Gasteiger partial charge on any atom is 0.247 e. The Labute approximate surface area is 204 Å². The summed E-state index contributed by atoms with van der Waals surface area (Å²) < 4.78 is 7.12. The number of hydrogen-bond acceptors (Lipinski definition) is 5. The second-order valence-corrected chi connectivity index (χ2v) is 11.3. The summed E-state index contributed by atoms with van der Waals surface area (Å²) in [5, 5.41) is 26.6. The van der Waals surface area contributed by atoms with E-state index in [0.29, 0.717) is 29.1 Å². The van der Waals surface area contributed by atoms with Crippen molar-refractivity contribution in [1.82, 2.24) is 10.6 Å². The van der Waals surface area contributed by atoms with Crippen LogP contribution < -0.4 is 15.4 Å². The molecule has 5 rings (SSSR count). The van der Waals surface area contributed by atoms with Crippen LogP contribution in [-0.4, -0.2) is 54.1 Å². The minimum Gasteiger partial charge on any atom is -0.482 e. The molecule has 3 saturated carbocycles. The second kappa shape index (κ2) is 9.99. The summed E-state index contributed by atoms with van der Waals surface area (Å²) in [6.07, 6.45) is 4.63. The highest BCUT2D eigenvalue weighted by Crippen LogP contribution is 2.61. The van der Waals surface area contributed by atoms with E-state index in [2.05, 4.69) is 47.1 Å². The molecule has 0 aliphatic heterocycles. The van der Waals surface area contributed by atoms with Gasteiger partial charge in [-0.25, -0.2) is 0 Å². The van der Waals surface area contributed by atoms with Crippen molar-refractivity contribution in [3.8, 4) is 5.75 Å². The van der Waals surface area contributed by atoms with Crippen molar-refractivity contribution in [1.29, 1.82) is 0 Å². The lowest BCUT2D eigenvalue weighted by Crippen LogP contribution is -2.57. The molecule has 6 atom stereocenters. The van der Waals surface area contributed by atoms with Crippen molar-refractivity contribution in [2.75, 3.05) is 19.7 Å². The lowest BCUT2D eigenvalue weighted by Gasteiger charge is -2.60. The standard InChI is InChI=1S/C25H35IN2O4/c1-25(2)17-8-7-15(18(25)13-17)14-28-20-11-16(24(31)27-9-10-29)12-22(23(20)30)32-21-6-4-3-5-19(21)26/h3-6,12,15,17-18,20,22-23,28-30H,7-11,13-14H2,1-2H3,(H,27,31)/t15-,17-,18-,20+,22-,23-/m0/s1. The number of hydrogen-bond donors (Lipinski definition) is 4. The van der Waals surface area contributed by atoms with Crippen LogP contribution in [-0.2, 0) is 4.79 Å². The monoisotopic (exact) mass is 554 g/mol. The van der Waals surface area contributed by atoms with Gasteiger partial charge in [-0.15, -0.1) is 0 Å². The number of para-hydroxylation sites is 1. The Bertz CT molecular complexity index is 856. The van der Waals surface area contributed by atoms with Crippen LogP contribution in [0.1, 0.15) is 39.5 Å². The Hall–Kier alpha value is -1.16. The number of ether oxygens (including phenoxy) is 1. The summed E-state index contributed by atoms with van der Waals surface area (Å²) >= 11 is 2.21. The van der Waals surface area contributed by atoms with Gasteiger partial charge in [0.25, 0.3) is 0 Å². The van der Waals surface area contributed by atoms with Gasteiger partial charge in [-0.1, -0.05) is 26.0 Å². The van der Waals surface area contributed by atoms with E-state index in [0.717, 1.165) is 22.0 Å². The summed E-state index contributed by atoms with van der Waals surface area (Å²) in [6, 6.07) is 7.41. The summed E-state index contributed by atoms with van der Waals surface area (Å²) in [6.45, 7) is 5.74. The zero-order valence-electron chi connectivity index (χ0n) is 18.9. The van der Waals surface area contributed by atoms with Crippen LogP contribution in [0, 0.1) is 26.7 Å². The van der Waals surface area contributed by atoms with Gasteiger partial charge >= 0.3 is 0 Å². The van der Waals surface area contributed by atoms with Gasteiger partial charge in [0.2, 0.25) is 5.91 Å². The number of benzene rings is 1. The Morgan fingerprint density at radius 1 is 1.28 bits per heavy atom. The average molecular weight is 554 g/mol. The summed E-state index contributed by atoms with van der Waals surface area (Å²) in [5.74, 6) is 2.68. The van der Waals surface area contributed by atoms with Crippen molar-refractivity contribution in [3.63, 3.8) is 0 Å². The molecule has 4 N–H and O–H groups in total. The molecule has 0 unspecified atom stereocenters. The highest BCUT2D eigenvalue weighted by Gasteiger charge is 2.54. The topological polar surface area (TPSA) is 90.8 Å². The van der Waals surface area contributed by atoms with Crippen molar-refractivity contribution in [2.45, 2.75) is 57.8 Å². The number of rotatable bonds is 8. The first-order valence-corrected chi connectivity index (χ1v) is 12.8. The van der Waals surface area contributed by atoms with Crippen LogP contribution in [0.3, 0.4) is 0 Å². The number of amides is 1. The van der Waals surface area contributed by atoms with Crippen LogP contribution in [0.4, 0.5) is 0 Å². The number of aliphatic hydroxyl groups excluding tert-OH is 2. The minimum atomic E-state index is -0.758. The first kappa shape index (κ1) is 24.0. The van der Waals surface area contributed by atoms with Crippen molar-refractivity contribution in [2.24, 2.45) is 23.2 Å². The van der Waals surface area contributed by atoms with Gasteiger partial charge in [0, 0.05) is 18.2 Å². The molecule has 1 aromatic carbocycles. The SMILES string of the molecule is CC1(C)[C@H]2CC[C@@H](CN[C@@H]3CC(C(=O)NCCO)=C[C@H](Oc4ccccc4I)[C@H]3O)[C@@H]1C2. The van der Waals surface area contributed by atoms with Gasteiger partial charge in [0.1, 0.15) is 18.0 Å². The highest BCUT2D eigenvalue weighted by atomic mass is 127. The molecule has 0 aromatic heterocycles. The van der Waals surface area contributed by atoms with E-state index < -0.39 is 12.2 Å². The third-order valence-corrected chi connectivity index (χ3v) is 8.88. The fourth-order valence-electron chi connectivity index (χ4n) is 5.90. The maximum absolute atomic E-state index is 12.7. The predicted octanol–water partition coefficient (Wildman–Crippen LogP) is 2.87. The molecule has 0 saturated heterocycles. The van der Waals surface area contributed by atoms with Crippen LogP contribution in [0.2, 0.25) is 0 Å². The van der Waals surface area contributed by atoms with E-state index in [1.54, 1.807) is 6.08 Å². The lowest BCUT2D eigenvalue weighted by molar-refractivity contribution is -0.118. The molecule has 0 radical (unpaired) electrons. The summed E-state index contributed by atoms with van der Waals surface area (Å²) in [7, 11) is 0. The van der Waals surface area contributed by atoms with Gasteiger partial charge < -0.3 is 25.6 Å². The third-order valence-electron chi connectivity index (χ3n) is 7.99. The maximum atomic E-state index is 12.7. The molecule has 4 aliphatic rings. The average Bonchev–Trinajstić information content (AvgIpc) is 2.79. The summed E-state index contributed by atoms with van der Waals surface area (Å²) in [5.41, 5.74) is 1.01. The van der Waals surface area contributed by atoms with Crippen LogP contribution in [0.5, 0.6) is 5.75 Å². The van der Waals surface area contributed by atoms with Crippen molar-refractivity contribution >= 4 is 28.5 Å². The van der Waals surface area contributed by atoms with Crippen LogP contribution >= 0.6 is 22.6 Å². The number of aliphatic hydroxyl groups is 2. The largest absolute Gasteiger partial charge is 0.482 e. The van der Waals surface area contributed by atoms with E-state index in [9.17, 15) is 9.90 Å². The Balaban J connectivity index is 1.47. The highest BCUT2D eigenvalue weighted by molar-refractivity contribution is 14.1. The fraction of sp³-hybridized carbons (Fsp3) is 0.640. The molecule has 32 heavy (non-hydrogen) atoms. The molecule has 6 nitrogen and oxygen atoms in total. The zero-order valence-corrected chi connectivity index (χ0v) is 21.0. The number of fused-ring (bicyclic) bond motifs is 2. The molecule has 1 aromatic rings. The van der Waals surface area contributed by atoms with E-state index in [1.165, 1.54) is 19.3 Å². The van der Waals surface area contributed by atoms with E-state index in [-0.39, 0.29) is 25.1 Å². The third kappa shape index (κ3) is 4.86. The van der Waals surface area contributed by atoms with Crippen molar-refractivity contribution in [3.05, 3.63) is 39.5 Å². The molecule has 3 fully saturated rings. The van der Waals surface area contributed by atoms with Gasteiger partial charge in [-0.3, -0.25) is 4.79 Å². The smallest absolute Gasteiger partial charge is 0.247 e. The first-order valence-electron chi connectivity index (χ1n) is 11.7. The van der Waals surface area contributed by atoms with E-state index >= 15 is 0 Å². The zero-order chi connectivity index (χ0) is 22.9. The number of nitrogens with one attached hydrogen (secondary N) is 2. The minimum absolute atomic E-state index is 0.106. The number of carbonyl (C=O) groups is 1. The van der Waals surface area contributed by atoms with Crippen molar-refractivity contribution < 1.29 is 19.7 Å².